The van der Waals surface area contributed by atoms with Gasteiger partial charge in [0.05, 0.1) is 22.3 Å². The number of benzene rings is 2. The Balaban J connectivity index is 1.72. The number of carbonyl (C=O) groups excluding carboxylic acids is 1. The highest BCUT2D eigenvalue weighted by Gasteiger charge is 2.31. The van der Waals surface area contributed by atoms with Crippen molar-refractivity contribution >= 4 is 57.6 Å². The molecule has 1 saturated heterocycles. The van der Waals surface area contributed by atoms with Crippen LogP contribution in [0.1, 0.15) is 5.56 Å². The molecule has 116 valence electrons. The molecule has 0 unspecified atom stereocenters. The fraction of sp³-hybridized carbons (Fsp3) is 0.0588. The van der Waals surface area contributed by atoms with Crippen LogP contribution < -0.4 is 5.32 Å². The summed E-state index contributed by atoms with van der Waals surface area (Å²) in [4.78, 5) is 14.7. The third kappa shape index (κ3) is 3.75. The smallest absolute Gasteiger partial charge is 0.267 e. The quantitative estimate of drug-likeness (QED) is 0.637. The molecule has 6 heteroatoms. The highest BCUT2D eigenvalue weighted by atomic mass is 35.5. The van der Waals surface area contributed by atoms with Crippen molar-refractivity contribution in [3.63, 3.8) is 0 Å². The molecular formula is C17H13ClN2OS2. The molecule has 1 fully saturated rings. The van der Waals surface area contributed by atoms with Gasteiger partial charge in [-0.1, -0.05) is 78.0 Å². The maximum Gasteiger partial charge on any atom is 0.267 e. The number of nitrogens with zero attached hydrogens (tertiary/aromatic N) is 1. The van der Waals surface area contributed by atoms with Gasteiger partial charge in [0, 0.05) is 0 Å². The molecule has 0 atom stereocenters. The first-order valence-corrected chi connectivity index (χ1v) is 8.54. The van der Waals surface area contributed by atoms with Gasteiger partial charge in [-0.3, -0.25) is 9.69 Å². The van der Waals surface area contributed by atoms with Gasteiger partial charge in [-0.05, 0) is 23.8 Å². The number of hydrogen-bond acceptors (Lipinski definition) is 4. The summed E-state index contributed by atoms with van der Waals surface area (Å²) < 4.78 is 0.539. The molecule has 0 spiro atoms. The van der Waals surface area contributed by atoms with E-state index in [1.54, 1.807) is 6.07 Å². The van der Waals surface area contributed by atoms with Crippen LogP contribution in [-0.4, -0.2) is 21.8 Å². The van der Waals surface area contributed by atoms with Crippen LogP contribution in [0.25, 0.3) is 6.08 Å². The Morgan fingerprint density at radius 2 is 1.83 bits per heavy atom. The third-order valence-electron chi connectivity index (χ3n) is 3.27. The molecule has 0 aliphatic carbocycles. The highest BCUT2D eigenvalue weighted by molar-refractivity contribution is 8.26. The van der Waals surface area contributed by atoms with Crippen molar-refractivity contribution in [3.05, 3.63) is 70.1 Å². The number of halogens is 1. The van der Waals surface area contributed by atoms with Gasteiger partial charge in [-0.25, -0.2) is 0 Å². The zero-order chi connectivity index (χ0) is 16.2. The number of rotatable bonds is 4. The van der Waals surface area contributed by atoms with Crippen molar-refractivity contribution in [2.24, 2.45) is 0 Å². The summed E-state index contributed by atoms with van der Waals surface area (Å²) >= 11 is 12.7. The van der Waals surface area contributed by atoms with E-state index < -0.39 is 0 Å². The van der Waals surface area contributed by atoms with Crippen molar-refractivity contribution < 1.29 is 4.79 Å². The van der Waals surface area contributed by atoms with E-state index in [-0.39, 0.29) is 5.91 Å². The normalized spacial score (nSPS) is 16.2. The number of amides is 1. The molecule has 1 amide bonds. The van der Waals surface area contributed by atoms with Crippen LogP contribution in [0.4, 0.5) is 5.69 Å². The van der Waals surface area contributed by atoms with Crippen LogP contribution in [0, 0.1) is 0 Å². The molecule has 1 aliphatic heterocycles. The molecule has 0 aromatic heterocycles. The van der Waals surface area contributed by atoms with Gasteiger partial charge in [-0.2, -0.15) is 0 Å². The number of para-hydroxylation sites is 1. The summed E-state index contributed by atoms with van der Waals surface area (Å²) in [7, 11) is 0. The fourth-order valence-corrected chi connectivity index (χ4v) is 3.56. The summed E-state index contributed by atoms with van der Waals surface area (Å²) in [5.74, 6) is -0.0941. The van der Waals surface area contributed by atoms with E-state index in [4.69, 9.17) is 23.8 Å². The molecule has 0 saturated carbocycles. The molecule has 1 aliphatic rings. The van der Waals surface area contributed by atoms with Crippen molar-refractivity contribution in [2.75, 3.05) is 12.0 Å². The summed E-state index contributed by atoms with van der Waals surface area (Å²) in [6.45, 7) is 0.292. The molecule has 1 heterocycles. The fourth-order valence-electron chi connectivity index (χ4n) is 2.11. The van der Waals surface area contributed by atoms with Gasteiger partial charge in [0.2, 0.25) is 0 Å². The number of thiocarbonyl (C=S) groups is 1. The van der Waals surface area contributed by atoms with Crippen molar-refractivity contribution in [3.8, 4) is 0 Å². The zero-order valence-corrected chi connectivity index (χ0v) is 14.4. The number of thioether (sulfide) groups is 1. The molecular weight excluding hydrogens is 348 g/mol. The van der Waals surface area contributed by atoms with E-state index in [2.05, 4.69) is 5.32 Å². The van der Waals surface area contributed by atoms with Crippen LogP contribution in [0.3, 0.4) is 0 Å². The molecule has 1 N–H and O–H groups in total. The minimum absolute atomic E-state index is 0.0941. The second kappa shape index (κ2) is 7.17. The van der Waals surface area contributed by atoms with E-state index >= 15 is 0 Å². The molecule has 2 aromatic carbocycles. The highest BCUT2D eigenvalue weighted by Crippen LogP contribution is 2.32. The van der Waals surface area contributed by atoms with Crippen molar-refractivity contribution in [1.29, 1.82) is 0 Å². The standard InChI is InChI=1S/C17H13ClN2OS2/c18-13-8-4-5-9-14(13)19-11-20-16(21)15(23-17(20)22)10-12-6-2-1-3-7-12/h1-10,19H,11H2/b15-10-. The van der Waals surface area contributed by atoms with Gasteiger partial charge >= 0.3 is 0 Å². The van der Waals surface area contributed by atoms with Gasteiger partial charge in [0.1, 0.15) is 4.32 Å². The van der Waals surface area contributed by atoms with Gasteiger partial charge < -0.3 is 5.32 Å². The van der Waals surface area contributed by atoms with E-state index in [1.807, 2.05) is 54.6 Å². The topological polar surface area (TPSA) is 32.3 Å². The number of hydrogen-bond donors (Lipinski definition) is 1. The first-order valence-electron chi connectivity index (χ1n) is 6.94. The summed E-state index contributed by atoms with van der Waals surface area (Å²) in [5, 5.41) is 3.75. The van der Waals surface area contributed by atoms with Crippen LogP contribution in [0.5, 0.6) is 0 Å². The average Bonchev–Trinajstić information content (AvgIpc) is 2.82. The van der Waals surface area contributed by atoms with Gasteiger partial charge in [0.25, 0.3) is 5.91 Å². The first-order chi connectivity index (χ1) is 11.1. The Morgan fingerprint density at radius 3 is 2.57 bits per heavy atom. The van der Waals surface area contributed by atoms with Crippen LogP contribution in [0.15, 0.2) is 59.5 Å². The monoisotopic (exact) mass is 360 g/mol. The number of carbonyl (C=O) groups is 1. The first kappa shape index (κ1) is 16.1. The lowest BCUT2D eigenvalue weighted by molar-refractivity contribution is -0.121. The second-order valence-electron chi connectivity index (χ2n) is 4.84. The van der Waals surface area contributed by atoms with Crippen molar-refractivity contribution in [2.45, 2.75) is 0 Å². The van der Waals surface area contributed by atoms with E-state index in [1.165, 1.54) is 16.7 Å². The lowest BCUT2D eigenvalue weighted by Crippen LogP contribution is -2.33. The zero-order valence-electron chi connectivity index (χ0n) is 12.0. The van der Waals surface area contributed by atoms with E-state index in [9.17, 15) is 4.79 Å². The summed E-state index contributed by atoms with van der Waals surface area (Å²) in [6, 6.07) is 17.1. The maximum atomic E-state index is 12.5. The lowest BCUT2D eigenvalue weighted by Gasteiger charge is -2.16. The Labute approximate surface area is 149 Å². The Kier molecular flexibility index (Phi) is 5.00. The Hall–Kier alpha value is -1.82. The molecule has 0 radical (unpaired) electrons. The summed E-state index contributed by atoms with van der Waals surface area (Å²) in [6.07, 6.45) is 1.86. The van der Waals surface area contributed by atoms with Crippen LogP contribution in [-0.2, 0) is 4.79 Å². The Bertz CT molecular complexity index is 777. The Morgan fingerprint density at radius 1 is 1.13 bits per heavy atom. The van der Waals surface area contributed by atoms with Gasteiger partial charge in [-0.15, -0.1) is 0 Å². The number of anilines is 1. The average molecular weight is 361 g/mol. The number of nitrogens with one attached hydrogen (secondary N) is 1. The molecule has 0 bridgehead atoms. The third-order valence-corrected chi connectivity index (χ3v) is 4.98. The minimum atomic E-state index is -0.0941. The molecule has 23 heavy (non-hydrogen) atoms. The second-order valence-corrected chi connectivity index (χ2v) is 6.92. The minimum Gasteiger partial charge on any atom is -0.366 e. The molecule has 3 rings (SSSR count). The summed E-state index contributed by atoms with van der Waals surface area (Å²) in [5.41, 5.74) is 1.75. The van der Waals surface area contributed by atoms with Crippen molar-refractivity contribution in [1.82, 2.24) is 4.90 Å². The van der Waals surface area contributed by atoms with E-state index in [0.29, 0.717) is 20.9 Å². The lowest BCUT2D eigenvalue weighted by atomic mass is 10.2. The molecule has 3 nitrogen and oxygen atoms in total. The molecule has 2 aromatic rings. The van der Waals surface area contributed by atoms with E-state index in [0.717, 1.165) is 11.3 Å². The van der Waals surface area contributed by atoms with Gasteiger partial charge in [0.15, 0.2) is 0 Å². The maximum absolute atomic E-state index is 12.5. The predicted molar refractivity (Wildman–Crippen MR) is 101 cm³/mol. The SMILES string of the molecule is O=C1/C(=C/c2ccccc2)SC(=S)N1CNc1ccccc1Cl. The predicted octanol–water partition coefficient (Wildman–Crippen LogP) is 4.61. The largest absolute Gasteiger partial charge is 0.366 e. The van der Waals surface area contributed by atoms with Crippen LogP contribution >= 0.6 is 35.6 Å². The van der Waals surface area contributed by atoms with Crippen LogP contribution in [0.2, 0.25) is 5.02 Å².